The van der Waals surface area contributed by atoms with Gasteiger partial charge in [-0.2, -0.15) is 5.10 Å². The summed E-state index contributed by atoms with van der Waals surface area (Å²) >= 11 is 0. The molecule has 2 amide bonds. The van der Waals surface area contributed by atoms with Gasteiger partial charge in [0.1, 0.15) is 0 Å². The van der Waals surface area contributed by atoms with E-state index in [-0.39, 0.29) is 12.1 Å². The number of nitrogens with zero attached hydrogens (tertiary/aromatic N) is 6. The first-order valence-corrected chi connectivity index (χ1v) is 10.8. The minimum atomic E-state index is -0.472. The first kappa shape index (κ1) is 22.4. The predicted octanol–water partition coefficient (Wildman–Crippen LogP) is 3.77. The van der Waals surface area contributed by atoms with Gasteiger partial charge in [-0.1, -0.05) is 6.07 Å². The molecule has 4 rings (SSSR count). The van der Waals surface area contributed by atoms with Crippen molar-refractivity contribution in [2.75, 3.05) is 23.5 Å². The molecule has 1 aliphatic rings. The van der Waals surface area contributed by atoms with Crippen LogP contribution in [0.5, 0.6) is 0 Å². The molecule has 0 unspecified atom stereocenters. The van der Waals surface area contributed by atoms with Gasteiger partial charge in [0, 0.05) is 30.7 Å². The van der Waals surface area contributed by atoms with E-state index in [0.717, 1.165) is 17.7 Å². The van der Waals surface area contributed by atoms with Crippen LogP contribution in [0, 0.1) is 0 Å². The van der Waals surface area contributed by atoms with Gasteiger partial charge in [-0.15, -0.1) is 0 Å². The van der Waals surface area contributed by atoms with Crippen LogP contribution in [0.3, 0.4) is 0 Å². The van der Waals surface area contributed by atoms with E-state index in [4.69, 9.17) is 9.47 Å². The number of anilines is 2. The SMILES string of the molecule is COC(=O)N1c2ccc(-c3cnn(CCn4ccnc4)c3)cc2N(C(=O)OC(C)C)C[C@@H]1C. The monoisotopic (exact) mass is 452 g/mol. The first-order chi connectivity index (χ1) is 15.9. The average Bonchev–Trinajstić information content (AvgIpc) is 3.48. The van der Waals surface area contributed by atoms with Crippen LogP contribution in [0.2, 0.25) is 0 Å². The number of aryl methyl sites for hydroxylation is 2. The van der Waals surface area contributed by atoms with Crippen molar-refractivity contribution >= 4 is 23.6 Å². The Balaban J connectivity index is 1.65. The molecule has 0 spiro atoms. The Morgan fingerprint density at radius 2 is 1.97 bits per heavy atom. The van der Waals surface area contributed by atoms with Crippen LogP contribution < -0.4 is 9.80 Å². The largest absolute Gasteiger partial charge is 0.452 e. The summed E-state index contributed by atoms with van der Waals surface area (Å²) in [4.78, 5) is 32.5. The fraction of sp³-hybridized carbons (Fsp3) is 0.391. The van der Waals surface area contributed by atoms with E-state index in [1.165, 1.54) is 7.11 Å². The lowest BCUT2D eigenvalue weighted by Crippen LogP contribution is -2.52. The summed E-state index contributed by atoms with van der Waals surface area (Å²) in [5.74, 6) is 0. The summed E-state index contributed by atoms with van der Waals surface area (Å²) in [5.41, 5.74) is 2.97. The molecule has 2 aromatic heterocycles. The normalized spacial score (nSPS) is 15.5. The topological polar surface area (TPSA) is 94.7 Å². The summed E-state index contributed by atoms with van der Waals surface area (Å²) in [5, 5.41) is 4.46. The molecule has 1 aromatic carbocycles. The standard InChI is InChI=1S/C23H28N6O4/c1-16(2)33-22(30)28-13-17(3)29(23(31)32-4)20-6-5-18(11-21(20)28)19-12-25-27(14-19)10-9-26-8-7-24-15-26/h5-8,11-12,14-17H,9-10,13H2,1-4H3/t17-/m0/s1. The minimum absolute atomic E-state index is 0.258. The molecule has 0 aliphatic carbocycles. The number of hydrogen-bond donors (Lipinski definition) is 0. The molecule has 0 saturated heterocycles. The number of imidazole rings is 1. The first-order valence-electron chi connectivity index (χ1n) is 10.8. The van der Waals surface area contributed by atoms with E-state index in [2.05, 4.69) is 10.1 Å². The third-order valence-corrected chi connectivity index (χ3v) is 5.45. The molecule has 3 aromatic rings. The number of hydrogen-bond acceptors (Lipinski definition) is 6. The maximum absolute atomic E-state index is 12.9. The lowest BCUT2D eigenvalue weighted by atomic mass is 10.0. The van der Waals surface area contributed by atoms with E-state index in [1.54, 1.807) is 28.5 Å². The average molecular weight is 453 g/mol. The Morgan fingerprint density at radius 1 is 1.15 bits per heavy atom. The van der Waals surface area contributed by atoms with Crippen molar-refractivity contribution in [1.82, 2.24) is 19.3 Å². The second-order valence-electron chi connectivity index (χ2n) is 8.23. The molecule has 1 aliphatic heterocycles. The van der Waals surface area contributed by atoms with Crippen LogP contribution in [-0.2, 0) is 22.6 Å². The third-order valence-electron chi connectivity index (χ3n) is 5.45. The van der Waals surface area contributed by atoms with Crippen molar-refractivity contribution in [3.63, 3.8) is 0 Å². The van der Waals surface area contributed by atoms with Crippen molar-refractivity contribution < 1.29 is 19.1 Å². The number of benzene rings is 1. The lowest BCUT2D eigenvalue weighted by molar-refractivity contribution is 0.121. The number of methoxy groups -OCH3 is 1. The van der Waals surface area contributed by atoms with E-state index in [9.17, 15) is 9.59 Å². The van der Waals surface area contributed by atoms with Crippen LogP contribution in [0.25, 0.3) is 11.1 Å². The number of rotatable bonds is 5. The summed E-state index contributed by atoms with van der Waals surface area (Å²) < 4.78 is 14.3. The summed E-state index contributed by atoms with van der Waals surface area (Å²) in [6.45, 7) is 7.23. The molecular weight excluding hydrogens is 424 g/mol. The van der Waals surface area contributed by atoms with Crippen LogP contribution in [0.4, 0.5) is 21.0 Å². The van der Waals surface area contributed by atoms with Gasteiger partial charge in [-0.05, 0) is 38.5 Å². The Labute approximate surface area is 192 Å². The maximum atomic E-state index is 12.9. The molecule has 0 fully saturated rings. The molecule has 10 heteroatoms. The second-order valence-corrected chi connectivity index (χ2v) is 8.23. The van der Waals surface area contributed by atoms with Crippen LogP contribution >= 0.6 is 0 Å². The van der Waals surface area contributed by atoms with Crippen LogP contribution in [0.1, 0.15) is 20.8 Å². The zero-order valence-corrected chi connectivity index (χ0v) is 19.2. The van der Waals surface area contributed by atoms with Gasteiger partial charge in [-0.3, -0.25) is 14.5 Å². The van der Waals surface area contributed by atoms with Crippen molar-refractivity contribution in [1.29, 1.82) is 0 Å². The Bertz CT molecular complexity index is 1120. The highest BCUT2D eigenvalue weighted by atomic mass is 16.6. The quantitative estimate of drug-likeness (QED) is 0.585. The molecule has 0 radical (unpaired) electrons. The van der Waals surface area contributed by atoms with Gasteiger partial charge in [0.15, 0.2) is 0 Å². The van der Waals surface area contributed by atoms with Crippen LogP contribution in [0.15, 0.2) is 49.3 Å². The van der Waals surface area contributed by atoms with Gasteiger partial charge in [-0.25, -0.2) is 14.6 Å². The van der Waals surface area contributed by atoms with E-state index in [1.807, 2.05) is 60.6 Å². The molecule has 0 N–H and O–H groups in total. The molecule has 3 heterocycles. The lowest BCUT2D eigenvalue weighted by Gasteiger charge is -2.40. The molecule has 174 valence electrons. The maximum Gasteiger partial charge on any atom is 0.414 e. The highest BCUT2D eigenvalue weighted by Gasteiger charge is 2.36. The van der Waals surface area contributed by atoms with Crippen molar-refractivity contribution in [3.8, 4) is 11.1 Å². The van der Waals surface area contributed by atoms with Gasteiger partial charge in [0.25, 0.3) is 0 Å². The second kappa shape index (κ2) is 9.35. The van der Waals surface area contributed by atoms with Crippen molar-refractivity contribution in [3.05, 3.63) is 49.3 Å². The van der Waals surface area contributed by atoms with Gasteiger partial charge >= 0.3 is 12.2 Å². The van der Waals surface area contributed by atoms with E-state index < -0.39 is 12.2 Å². The molecule has 1 atom stereocenters. The number of ether oxygens (including phenoxy) is 2. The Hall–Kier alpha value is -3.82. The highest BCUT2D eigenvalue weighted by molar-refractivity contribution is 6.01. The summed E-state index contributed by atoms with van der Waals surface area (Å²) in [6.07, 6.45) is 7.99. The number of aromatic nitrogens is 4. The number of fused-ring (bicyclic) bond motifs is 1. The fourth-order valence-corrected chi connectivity index (χ4v) is 3.89. The fourth-order valence-electron chi connectivity index (χ4n) is 3.89. The zero-order valence-electron chi connectivity index (χ0n) is 19.2. The minimum Gasteiger partial charge on any atom is -0.452 e. The Kier molecular flexibility index (Phi) is 6.34. The smallest absolute Gasteiger partial charge is 0.414 e. The Morgan fingerprint density at radius 3 is 2.67 bits per heavy atom. The van der Waals surface area contributed by atoms with Gasteiger partial charge < -0.3 is 14.0 Å². The summed E-state index contributed by atoms with van der Waals surface area (Å²) in [7, 11) is 1.35. The number of amides is 2. The van der Waals surface area contributed by atoms with Crippen molar-refractivity contribution in [2.24, 2.45) is 0 Å². The third kappa shape index (κ3) is 4.69. The highest BCUT2D eigenvalue weighted by Crippen LogP contribution is 2.39. The molecular formula is C23H28N6O4. The zero-order chi connectivity index (χ0) is 23.5. The summed E-state index contributed by atoms with van der Waals surface area (Å²) in [6, 6.07) is 5.35. The molecule has 10 nitrogen and oxygen atoms in total. The number of carbonyl (C=O) groups excluding carboxylic acids is 2. The predicted molar refractivity (Wildman–Crippen MR) is 123 cm³/mol. The molecule has 0 bridgehead atoms. The molecule has 0 saturated carbocycles. The van der Waals surface area contributed by atoms with Crippen LogP contribution in [-0.4, -0.2) is 57.3 Å². The number of carbonyl (C=O) groups is 2. The van der Waals surface area contributed by atoms with Gasteiger partial charge in [0.05, 0.1) is 56.2 Å². The van der Waals surface area contributed by atoms with Gasteiger partial charge in [0.2, 0.25) is 0 Å². The van der Waals surface area contributed by atoms with E-state index >= 15 is 0 Å². The van der Waals surface area contributed by atoms with E-state index in [0.29, 0.717) is 24.5 Å². The molecule has 33 heavy (non-hydrogen) atoms. The van der Waals surface area contributed by atoms with Crippen molar-refractivity contribution in [2.45, 2.75) is 46.0 Å².